The molecule has 0 spiro atoms. The number of furan rings is 1. The maximum absolute atomic E-state index is 10.7. The van der Waals surface area contributed by atoms with E-state index in [0.29, 0.717) is 5.75 Å². The van der Waals surface area contributed by atoms with Gasteiger partial charge in [-0.05, 0) is 26.0 Å². The second-order valence-corrected chi connectivity index (χ2v) is 5.42. The Balaban J connectivity index is 2.53. The summed E-state index contributed by atoms with van der Waals surface area (Å²) in [4.78, 5) is 10.7. The number of thioether (sulfide) groups is 1. The second-order valence-electron chi connectivity index (χ2n) is 3.79. The van der Waals surface area contributed by atoms with Crippen molar-refractivity contribution in [1.82, 2.24) is 0 Å². The molecule has 3 N–H and O–H groups in total. The number of carbonyl (C=O) groups is 1. The van der Waals surface area contributed by atoms with E-state index in [9.17, 15) is 4.79 Å². The number of rotatable bonds is 5. The molecule has 5 heteroatoms. The van der Waals surface area contributed by atoms with E-state index in [1.165, 1.54) is 11.8 Å². The predicted molar refractivity (Wildman–Crippen MR) is 59.7 cm³/mol. The number of hydrogen-bond acceptors (Lipinski definition) is 4. The van der Waals surface area contributed by atoms with Crippen molar-refractivity contribution in [2.75, 3.05) is 0 Å². The Bertz CT molecular complexity index is 321. The summed E-state index contributed by atoms with van der Waals surface area (Å²) >= 11 is 1.47. The Hall–Kier alpha value is -0.940. The summed E-state index contributed by atoms with van der Waals surface area (Å²) < 4.78 is 4.64. The van der Waals surface area contributed by atoms with Crippen LogP contribution in [0.3, 0.4) is 0 Å². The third kappa shape index (κ3) is 3.28. The first-order valence-electron chi connectivity index (χ1n) is 4.58. The van der Waals surface area contributed by atoms with Crippen molar-refractivity contribution < 1.29 is 14.3 Å². The Morgan fingerprint density at radius 1 is 1.73 bits per heavy atom. The fraction of sp³-hybridized carbons (Fsp3) is 0.500. The molecule has 15 heavy (non-hydrogen) atoms. The molecule has 84 valence electrons. The highest BCUT2D eigenvalue weighted by Gasteiger charge is 2.32. The van der Waals surface area contributed by atoms with Crippen molar-refractivity contribution in [3.8, 4) is 0 Å². The van der Waals surface area contributed by atoms with Crippen molar-refractivity contribution in [1.29, 1.82) is 0 Å². The molecular formula is C10H15NO3S. The molecule has 0 aromatic carbocycles. The lowest BCUT2D eigenvalue weighted by Crippen LogP contribution is -2.46. The Morgan fingerprint density at radius 2 is 2.40 bits per heavy atom. The van der Waals surface area contributed by atoms with E-state index in [-0.39, 0.29) is 0 Å². The Labute approximate surface area is 92.8 Å². The molecule has 1 atom stereocenters. The maximum Gasteiger partial charge on any atom is 0.321 e. The van der Waals surface area contributed by atoms with Gasteiger partial charge in [-0.3, -0.25) is 4.79 Å². The molecule has 0 unspecified atom stereocenters. The number of hydrogen-bond donors (Lipinski definition) is 2. The van der Waals surface area contributed by atoms with Gasteiger partial charge in [0.25, 0.3) is 0 Å². The largest absolute Gasteiger partial charge is 0.480 e. The maximum atomic E-state index is 10.7. The van der Waals surface area contributed by atoms with Gasteiger partial charge < -0.3 is 15.3 Å². The quantitative estimate of drug-likeness (QED) is 0.803. The van der Waals surface area contributed by atoms with Gasteiger partial charge >= 0.3 is 5.97 Å². The summed E-state index contributed by atoms with van der Waals surface area (Å²) in [5, 5.41) is 8.81. The first kappa shape index (κ1) is 12.1. The molecule has 0 saturated carbocycles. The summed E-state index contributed by atoms with van der Waals surface area (Å²) in [7, 11) is 0. The topological polar surface area (TPSA) is 76.5 Å². The van der Waals surface area contributed by atoms with E-state index in [1.807, 2.05) is 19.9 Å². The molecule has 0 aliphatic carbocycles. The monoisotopic (exact) mass is 229 g/mol. The molecule has 1 aromatic rings. The number of nitrogens with two attached hydrogens (primary N) is 1. The summed E-state index contributed by atoms with van der Waals surface area (Å²) in [5.41, 5.74) is 5.58. The Morgan fingerprint density at radius 3 is 2.87 bits per heavy atom. The molecule has 0 fully saturated rings. The summed E-state index contributed by atoms with van der Waals surface area (Å²) in [6.45, 7) is 3.64. The molecule has 0 aliphatic rings. The minimum Gasteiger partial charge on any atom is -0.480 e. The first-order valence-corrected chi connectivity index (χ1v) is 5.57. The average Bonchev–Trinajstić information content (AvgIpc) is 2.66. The predicted octanol–water partition coefficient (Wildman–Crippen LogP) is 1.70. The van der Waals surface area contributed by atoms with Crippen LogP contribution in [-0.2, 0) is 10.5 Å². The van der Waals surface area contributed by atoms with Crippen LogP contribution < -0.4 is 5.73 Å². The molecule has 0 saturated heterocycles. The van der Waals surface area contributed by atoms with Crippen LogP contribution in [0.25, 0.3) is 0 Å². The van der Waals surface area contributed by atoms with Gasteiger partial charge in [0, 0.05) is 4.75 Å². The third-order valence-electron chi connectivity index (χ3n) is 2.18. The number of aliphatic carboxylic acids is 1. The van der Waals surface area contributed by atoms with Gasteiger partial charge in [0.05, 0.1) is 12.0 Å². The zero-order valence-corrected chi connectivity index (χ0v) is 9.58. The number of carboxylic acids is 1. The van der Waals surface area contributed by atoms with Crippen molar-refractivity contribution in [3.05, 3.63) is 24.2 Å². The van der Waals surface area contributed by atoms with Gasteiger partial charge in [-0.15, -0.1) is 11.8 Å². The Kier molecular flexibility index (Phi) is 3.82. The SMILES string of the molecule is CC(C)(SCc1ccco1)[C@@H](N)C(=O)O. The van der Waals surface area contributed by atoms with E-state index in [4.69, 9.17) is 15.3 Å². The standard InChI is InChI=1S/C10H15NO3S/c1-10(2,8(11)9(12)13)15-6-7-4-3-5-14-7/h3-5,8H,6,11H2,1-2H3,(H,12,13)/t8-/m0/s1. The molecule has 0 bridgehead atoms. The van der Waals surface area contributed by atoms with Gasteiger partial charge in [0.2, 0.25) is 0 Å². The van der Waals surface area contributed by atoms with Gasteiger partial charge in [-0.1, -0.05) is 0 Å². The van der Waals surface area contributed by atoms with Crippen molar-refractivity contribution >= 4 is 17.7 Å². The summed E-state index contributed by atoms with van der Waals surface area (Å²) in [6, 6.07) is 2.78. The zero-order valence-electron chi connectivity index (χ0n) is 8.77. The van der Waals surface area contributed by atoms with Crippen LogP contribution in [0, 0.1) is 0 Å². The summed E-state index contributed by atoms with van der Waals surface area (Å²) in [6.07, 6.45) is 1.60. The zero-order chi connectivity index (χ0) is 11.5. The van der Waals surface area contributed by atoms with E-state index < -0.39 is 16.8 Å². The van der Waals surface area contributed by atoms with Crippen molar-refractivity contribution in [2.24, 2.45) is 5.73 Å². The average molecular weight is 229 g/mol. The fourth-order valence-electron chi connectivity index (χ4n) is 1.04. The highest BCUT2D eigenvalue weighted by molar-refractivity contribution is 7.99. The molecule has 0 radical (unpaired) electrons. The van der Waals surface area contributed by atoms with Crippen LogP contribution in [0.1, 0.15) is 19.6 Å². The van der Waals surface area contributed by atoms with Crippen LogP contribution in [0.5, 0.6) is 0 Å². The highest BCUT2D eigenvalue weighted by atomic mass is 32.2. The van der Waals surface area contributed by atoms with Gasteiger partial charge in [-0.25, -0.2) is 0 Å². The van der Waals surface area contributed by atoms with Gasteiger partial charge in [0.1, 0.15) is 11.8 Å². The molecule has 0 aliphatic heterocycles. The van der Waals surface area contributed by atoms with Crippen molar-refractivity contribution in [3.63, 3.8) is 0 Å². The lowest BCUT2D eigenvalue weighted by atomic mass is 10.1. The van der Waals surface area contributed by atoms with Crippen LogP contribution in [0.2, 0.25) is 0 Å². The molecule has 4 nitrogen and oxygen atoms in total. The van der Waals surface area contributed by atoms with Crippen LogP contribution in [-0.4, -0.2) is 21.9 Å². The second kappa shape index (κ2) is 4.72. The van der Waals surface area contributed by atoms with E-state index in [0.717, 1.165) is 5.76 Å². The molecule has 1 rings (SSSR count). The normalized spacial score (nSPS) is 13.8. The van der Waals surface area contributed by atoms with Crippen LogP contribution in [0.4, 0.5) is 0 Å². The highest BCUT2D eigenvalue weighted by Crippen LogP contribution is 2.30. The third-order valence-corrected chi connectivity index (χ3v) is 3.61. The molecule has 1 aromatic heterocycles. The van der Waals surface area contributed by atoms with Crippen molar-refractivity contribution in [2.45, 2.75) is 30.4 Å². The minimum atomic E-state index is -0.980. The van der Waals surface area contributed by atoms with Gasteiger partial charge in [-0.2, -0.15) is 0 Å². The molecule has 1 heterocycles. The van der Waals surface area contributed by atoms with Crippen LogP contribution in [0.15, 0.2) is 22.8 Å². The fourth-order valence-corrected chi connectivity index (χ4v) is 2.00. The molecule has 0 amide bonds. The minimum absolute atomic E-state index is 0.515. The van der Waals surface area contributed by atoms with E-state index in [1.54, 1.807) is 12.3 Å². The number of carboxylic acid groups (broad SMARTS) is 1. The first-order chi connectivity index (χ1) is 6.93. The lowest BCUT2D eigenvalue weighted by molar-refractivity contribution is -0.139. The smallest absolute Gasteiger partial charge is 0.321 e. The van der Waals surface area contributed by atoms with E-state index in [2.05, 4.69) is 0 Å². The lowest BCUT2D eigenvalue weighted by Gasteiger charge is -2.27. The summed E-state index contributed by atoms with van der Waals surface area (Å²) in [5.74, 6) is 0.471. The van der Waals surface area contributed by atoms with Gasteiger partial charge in [0.15, 0.2) is 0 Å². The van der Waals surface area contributed by atoms with Crippen LogP contribution >= 0.6 is 11.8 Å². The molecular weight excluding hydrogens is 214 g/mol. The van der Waals surface area contributed by atoms with E-state index >= 15 is 0 Å².